The Labute approximate surface area is 92.1 Å². The Bertz CT molecular complexity index is 233. The Morgan fingerprint density at radius 1 is 1.64 bits per heavy atom. The second kappa shape index (κ2) is 5.62. The Morgan fingerprint density at radius 2 is 2.36 bits per heavy atom. The van der Waals surface area contributed by atoms with Gasteiger partial charge in [-0.25, -0.2) is 0 Å². The molecule has 0 unspecified atom stereocenters. The van der Waals surface area contributed by atoms with Gasteiger partial charge in [-0.3, -0.25) is 6.29 Å². The van der Waals surface area contributed by atoms with E-state index in [-0.39, 0.29) is 32.7 Å². The van der Waals surface area contributed by atoms with Crippen molar-refractivity contribution >= 4 is 6.29 Å². The van der Waals surface area contributed by atoms with Gasteiger partial charge in [-0.2, -0.15) is 35.4 Å². The van der Waals surface area contributed by atoms with Crippen molar-refractivity contribution in [2.24, 2.45) is 0 Å². The van der Waals surface area contributed by atoms with Crippen LogP contribution in [-0.4, -0.2) is 6.29 Å². The van der Waals surface area contributed by atoms with Crippen molar-refractivity contribution in [1.82, 2.24) is 0 Å². The van der Waals surface area contributed by atoms with Crippen LogP contribution < -0.4 is 0 Å². The number of carbonyl (C=O) groups excluding carboxylic acids is 1. The molecule has 0 aliphatic rings. The van der Waals surface area contributed by atoms with Crippen molar-refractivity contribution in [1.29, 1.82) is 0 Å². The average molecular weight is 221 g/mol. The summed E-state index contributed by atoms with van der Waals surface area (Å²) in [4.78, 5) is 9.94. The van der Waals surface area contributed by atoms with Crippen LogP contribution in [0.1, 0.15) is 11.1 Å². The van der Waals surface area contributed by atoms with E-state index in [1.807, 2.05) is 31.4 Å². The molecule has 0 saturated carbocycles. The summed E-state index contributed by atoms with van der Waals surface area (Å²) in [6, 6.07) is 8.66. The third-order valence-corrected chi connectivity index (χ3v) is 1.28. The van der Waals surface area contributed by atoms with E-state index >= 15 is 0 Å². The van der Waals surface area contributed by atoms with Gasteiger partial charge in [-0.05, 0) is 0 Å². The number of hydrogen-bond donors (Lipinski definition) is 0. The maximum atomic E-state index is 9.94. The molecular weight excluding hydrogens is 213 g/mol. The molecule has 0 amide bonds. The van der Waals surface area contributed by atoms with Gasteiger partial charge in [-0.15, -0.1) is 6.42 Å². The van der Waals surface area contributed by atoms with Gasteiger partial charge in [-0.1, -0.05) is 6.92 Å². The first-order valence-electron chi connectivity index (χ1n) is 3.15. The van der Waals surface area contributed by atoms with Gasteiger partial charge < -0.3 is 4.79 Å². The Hall–Kier alpha value is -0.00610. The van der Waals surface area contributed by atoms with Crippen LogP contribution in [0.15, 0.2) is 18.2 Å². The molecule has 1 aromatic carbocycles. The van der Waals surface area contributed by atoms with Gasteiger partial charge >= 0.3 is 0 Å². The van der Waals surface area contributed by atoms with Crippen molar-refractivity contribution in [2.45, 2.75) is 13.3 Å². The van der Waals surface area contributed by atoms with Crippen LogP contribution in [0.25, 0.3) is 0 Å². The SMILES string of the molecule is Cc1cc[c-]c(C[C-]=O)c1.[Y]. The molecule has 0 atom stereocenters. The molecule has 0 aromatic heterocycles. The Kier molecular flexibility index (Phi) is 5.62. The standard InChI is InChI=1S/C9H8O.Y/c1-8-3-2-4-9(7-8)5-6-10;/h2-3,7H,5H2,1H3;/q-2;. The van der Waals surface area contributed by atoms with E-state index < -0.39 is 0 Å². The third-order valence-electron chi connectivity index (χ3n) is 1.28. The predicted octanol–water partition coefficient (Wildman–Crippen LogP) is 1.44. The molecule has 0 bridgehead atoms. The molecule has 1 radical (unpaired) electrons. The van der Waals surface area contributed by atoms with Crippen molar-refractivity contribution in [3.05, 3.63) is 35.4 Å². The fourth-order valence-electron chi connectivity index (χ4n) is 0.825. The van der Waals surface area contributed by atoms with Gasteiger partial charge in [0.1, 0.15) is 0 Å². The summed E-state index contributed by atoms with van der Waals surface area (Å²) in [5, 5.41) is 0. The van der Waals surface area contributed by atoms with Crippen molar-refractivity contribution in [2.75, 3.05) is 0 Å². The molecule has 0 heterocycles. The fourth-order valence-corrected chi connectivity index (χ4v) is 0.825. The predicted molar refractivity (Wildman–Crippen MR) is 39.4 cm³/mol. The second-order valence-corrected chi connectivity index (χ2v) is 2.21. The van der Waals surface area contributed by atoms with Gasteiger partial charge in [0, 0.05) is 32.7 Å². The van der Waals surface area contributed by atoms with Crippen LogP contribution in [0, 0.1) is 13.0 Å². The van der Waals surface area contributed by atoms with E-state index in [0.29, 0.717) is 6.42 Å². The molecule has 0 aliphatic heterocycles. The zero-order valence-electron chi connectivity index (χ0n) is 6.42. The molecule has 2 heteroatoms. The summed E-state index contributed by atoms with van der Waals surface area (Å²) in [6.45, 7) is 1.99. The largest absolute Gasteiger partial charge is 0.542 e. The molecule has 0 fully saturated rings. The number of hydrogen-bond acceptors (Lipinski definition) is 1. The maximum Gasteiger partial charge on any atom is 0 e. The monoisotopic (exact) mass is 221 g/mol. The van der Waals surface area contributed by atoms with E-state index in [1.54, 1.807) is 0 Å². The normalized spacial score (nSPS) is 8.45. The zero-order chi connectivity index (χ0) is 7.40. The number of benzene rings is 1. The molecule has 1 rings (SSSR count). The van der Waals surface area contributed by atoms with Gasteiger partial charge in [0.15, 0.2) is 0 Å². The molecule has 11 heavy (non-hydrogen) atoms. The smallest absolute Gasteiger partial charge is 0 e. The zero-order valence-corrected chi connectivity index (χ0v) is 9.26. The molecule has 0 saturated heterocycles. The van der Waals surface area contributed by atoms with Crippen molar-refractivity contribution in [3.8, 4) is 0 Å². The summed E-state index contributed by atoms with van der Waals surface area (Å²) < 4.78 is 0. The summed E-state index contributed by atoms with van der Waals surface area (Å²) in [6.07, 6.45) is 2.18. The van der Waals surface area contributed by atoms with Crippen LogP contribution >= 0.6 is 0 Å². The fraction of sp³-hybridized carbons (Fsp3) is 0.222. The van der Waals surface area contributed by atoms with E-state index in [2.05, 4.69) is 6.07 Å². The number of aryl methyl sites for hydroxylation is 1. The van der Waals surface area contributed by atoms with Gasteiger partial charge in [0.2, 0.25) is 0 Å². The first kappa shape index (κ1) is 11.0. The molecule has 0 aliphatic carbocycles. The van der Waals surface area contributed by atoms with E-state index in [4.69, 9.17) is 0 Å². The van der Waals surface area contributed by atoms with Crippen molar-refractivity contribution in [3.63, 3.8) is 0 Å². The molecule has 55 valence electrons. The van der Waals surface area contributed by atoms with Crippen LogP contribution in [0.2, 0.25) is 0 Å². The quantitative estimate of drug-likeness (QED) is 0.690. The van der Waals surface area contributed by atoms with E-state index in [0.717, 1.165) is 11.1 Å². The number of rotatable bonds is 2. The second-order valence-electron chi connectivity index (χ2n) is 2.21. The molecule has 0 spiro atoms. The topological polar surface area (TPSA) is 17.1 Å². The average Bonchev–Trinajstić information content (AvgIpc) is 1.88. The van der Waals surface area contributed by atoms with Crippen LogP contribution in [0.5, 0.6) is 0 Å². The Morgan fingerprint density at radius 3 is 2.91 bits per heavy atom. The summed E-state index contributed by atoms with van der Waals surface area (Å²) in [7, 11) is 0. The van der Waals surface area contributed by atoms with Crippen LogP contribution in [-0.2, 0) is 43.9 Å². The Balaban J connectivity index is 0.000001000. The van der Waals surface area contributed by atoms with Crippen LogP contribution in [0.3, 0.4) is 0 Å². The molecule has 1 aromatic rings. The van der Waals surface area contributed by atoms with Crippen LogP contribution in [0.4, 0.5) is 0 Å². The first-order valence-corrected chi connectivity index (χ1v) is 3.15. The van der Waals surface area contributed by atoms with Crippen molar-refractivity contribution < 1.29 is 37.5 Å². The summed E-state index contributed by atoms with van der Waals surface area (Å²) in [5.41, 5.74) is 2.07. The van der Waals surface area contributed by atoms with E-state index in [9.17, 15) is 4.79 Å². The minimum atomic E-state index is 0. The summed E-state index contributed by atoms with van der Waals surface area (Å²) >= 11 is 0. The maximum absolute atomic E-state index is 9.94. The third kappa shape index (κ3) is 3.78. The van der Waals surface area contributed by atoms with Gasteiger partial charge in [0.25, 0.3) is 0 Å². The minimum absolute atomic E-state index is 0. The molecule has 0 N–H and O–H groups in total. The first-order chi connectivity index (χ1) is 4.83. The minimum Gasteiger partial charge on any atom is -0.542 e. The summed E-state index contributed by atoms with van der Waals surface area (Å²) in [5.74, 6) is 0. The van der Waals surface area contributed by atoms with E-state index in [1.165, 1.54) is 0 Å². The molecule has 1 nitrogen and oxygen atoms in total. The van der Waals surface area contributed by atoms with Gasteiger partial charge in [0.05, 0.1) is 0 Å². The molecular formula is C9H8OY-2.